The topological polar surface area (TPSA) is 89.4 Å². The van der Waals surface area contributed by atoms with Crippen molar-refractivity contribution in [3.05, 3.63) is 10.1 Å². The Balaban J connectivity index is 3.71. The third-order valence-corrected chi connectivity index (χ3v) is 0.909. The smallest absolute Gasteiger partial charge is 0.233 e. The zero-order valence-electron chi connectivity index (χ0n) is 5.20. The standard InChI is InChI=1S/C4H10N2O3/c1-4(7,2-5)3-6(8)9/h7H,2-3,5H2,1H3. The van der Waals surface area contributed by atoms with Crippen LogP contribution in [-0.4, -0.2) is 28.7 Å². The van der Waals surface area contributed by atoms with Gasteiger partial charge in [0, 0.05) is 11.5 Å². The summed E-state index contributed by atoms with van der Waals surface area (Å²) in [4.78, 5) is 9.17. The predicted molar refractivity (Wildman–Crippen MR) is 31.5 cm³/mol. The van der Waals surface area contributed by atoms with E-state index in [-0.39, 0.29) is 6.54 Å². The van der Waals surface area contributed by atoms with Crippen molar-refractivity contribution in [2.45, 2.75) is 12.5 Å². The van der Waals surface area contributed by atoms with Crippen LogP contribution >= 0.6 is 0 Å². The Hall–Kier alpha value is -0.680. The second-order valence-electron chi connectivity index (χ2n) is 2.19. The highest BCUT2D eigenvalue weighted by atomic mass is 16.6. The van der Waals surface area contributed by atoms with Gasteiger partial charge in [-0.2, -0.15) is 0 Å². The number of hydrogen-bond donors (Lipinski definition) is 2. The second kappa shape index (κ2) is 2.75. The van der Waals surface area contributed by atoms with Crippen molar-refractivity contribution in [2.75, 3.05) is 13.1 Å². The number of rotatable bonds is 3. The molecule has 0 aliphatic rings. The van der Waals surface area contributed by atoms with E-state index in [2.05, 4.69) is 0 Å². The molecule has 9 heavy (non-hydrogen) atoms. The van der Waals surface area contributed by atoms with Gasteiger partial charge in [-0.05, 0) is 6.92 Å². The number of nitrogens with zero attached hydrogens (tertiary/aromatic N) is 1. The molecule has 0 aliphatic heterocycles. The molecular formula is C4H10N2O3. The largest absolute Gasteiger partial charge is 0.382 e. The first-order chi connectivity index (χ1) is 3.98. The average molecular weight is 134 g/mol. The van der Waals surface area contributed by atoms with Gasteiger partial charge in [0.15, 0.2) is 0 Å². The molecule has 0 aromatic carbocycles. The molecule has 5 heteroatoms. The molecule has 0 fully saturated rings. The first-order valence-corrected chi connectivity index (χ1v) is 2.52. The van der Waals surface area contributed by atoms with Gasteiger partial charge < -0.3 is 10.8 Å². The van der Waals surface area contributed by atoms with Gasteiger partial charge in [-0.3, -0.25) is 10.1 Å². The van der Waals surface area contributed by atoms with E-state index in [0.29, 0.717) is 0 Å². The molecule has 5 nitrogen and oxygen atoms in total. The van der Waals surface area contributed by atoms with Crippen molar-refractivity contribution in [1.29, 1.82) is 0 Å². The molecule has 1 atom stereocenters. The fraction of sp³-hybridized carbons (Fsp3) is 1.00. The fourth-order valence-electron chi connectivity index (χ4n) is 0.343. The van der Waals surface area contributed by atoms with Crippen molar-refractivity contribution in [2.24, 2.45) is 5.73 Å². The average Bonchev–Trinajstić information content (AvgIpc) is 1.63. The van der Waals surface area contributed by atoms with E-state index in [0.717, 1.165) is 0 Å². The summed E-state index contributed by atoms with van der Waals surface area (Å²) in [7, 11) is 0. The number of nitrogens with two attached hydrogens (primary N) is 1. The van der Waals surface area contributed by atoms with Crippen LogP contribution in [0.3, 0.4) is 0 Å². The maximum absolute atomic E-state index is 9.76. The lowest BCUT2D eigenvalue weighted by Crippen LogP contribution is -2.40. The molecule has 0 aliphatic carbocycles. The van der Waals surface area contributed by atoms with Crippen LogP contribution in [0.2, 0.25) is 0 Å². The molecule has 0 bridgehead atoms. The lowest BCUT2D eigenvalue weighted by molar-refractivity contribution is -0.498. The first kappa shape index (κ1) is 8.32. The van der Waals surface area contributed by atoms with Crippen LogP contribution in [0.1, 0.15) is 6.92 Å². The Morgan fingerprint density at radius 3 is 2.44 bits per heavy atom. The number of nitro groups is 1. The Bertz CT molecular complexity index is 112. The SMILES string of the molecule is CC(O)(CN)C[N+](=O)[O-]. The molecule has 1 unspecified atom stereocenters. The normalized spacial score (nSPS) is 16.8. The highest BCUT2D eigenvalue weighted by Crippen LogP contribution is 1.98. The van der Waals surface area contributed by atoms with Gasteiger partial charge >= 0.3 is 0 Å². The van der Waals surface area contributed by atoms with E-state index in [4.69, 9.17) is 10.8 Å². The quantitative estimate of drug-likeness (QED) is 0.381. The van der Waals surface area contributed by atoms with Gasteiger partial charge in [0.05, 0.1) is 0 Å². The summed E-state index contributed by atoms with van der Waals surface area (Å²) in [5, 5.41) is 18.7. The molecule has 0 radical (unpaired) electrons. The van der Waals surface area contributed by atoms with Gasteiger partial charge in [-0.15, -0.1) is 0 Å². The summed E-state index contributed by atoms with van der Waals surface area (Å²) >= 11 is 0. The molecule has 0 saturated heterocycles. The van der Waals surface area contributed by atoms with E-state index >= 15 is 0 Å². The van der Waals surface area contributed by atoms with Crippen molar-refractivity contribution in [1.82, 2.24) is 0 Å². The van der Waals surface area contributed by atoms with Crippen LogP contribution in [0.15, 0.2) is 0 Å². The van der Waals surface area contributed by atoms with Crippen LogP contribution in [0, 0.1) is 10.1 Å². The minimum Gasteiger partial charge on any atom is -0.382 e. The molecule has 0 aromatic rings. The molecule has 54 valence electrons. The zero-order valence-corrected chi connectivity index (χ0v) is 5.20. The molecule has 0 amide bonds. The summed E-state index contributed by atoms with van der Waals surface area (Å²) < 4.78 is 0. The van der Waals surface area contributed by atoms with Gasteiger partial charge in [-0.25, -0.2) is 0 Å². The Morgan fingerprint density at radius 1 is 1.89 bits per heavy atom. The summed E-state index contributed by atoms with van der Waals surface area (Å²) in [6.45, 7) is 0.743. The Kier molecular flexibility index (Phi) is 2.54. The molecule has 0 saturated carbocycles. The summed E-state index contributed by atoms with van der Waals surface area (Å²) in [5.41, 5.74) is 3.64. The minimum absolute atomic E-state index is 0.0893. The molecule has 0 heterocycles. The van der Waals surface area contributed by atoms with E-state index in [1.165, 1.54) is 6.92 Å². The number of aliphatic hydroxyl groups is 1. The molecular weight excluding hydrogens is 124 g/mol. The monoisotopic (exact) mass is 134 g/mol. The van der Waals surface area contributed by atoms with Crippen LogP contribution < -0.4 is 5.73 Å². The minimum atomic E-state index is -1.36. The highest BCUT2D eigenvalue weighted by Gasteiger charge is 2.24. The maximum Gasteiger partial charge on any atom is 0.233 e. The van der Waals surface area contributed by atoms with E-state index < -0.39 is 17.1 Å². The summed E-state index contributed by atoms with van der Waals surface area (Å²) in [5.74, 6) is 0. The fourth-order valence-corrected chi connectivity index (χ4v) is 0.343. The van der Waals surface area contributed by atoms with E-state index in [1.807, 2.05) is 0 Å². The van der Waals surface area contributed by atoms with Crippen molar-refractivity contribution >= 4 is 0 Å². The van der Waals surface area contributed by atoms with Crippen molar-refractivity contribution in [3.8, 4) is 0 Å². The van der Waals surface area contributed by atoms with Crippen LogP contribution in [0.4, 0.5) is 0 Å². The van der Waals surface area contributed by atoms with Crippen molar-refractivity contribution < 1.29 is 10.0 Å². The van der Waals surface area contributed by atoms with Crippen LogP contribution in [-0.2, 0) is 0 Å². The lowest BCUT2D eigenvalue weighted by atomic mass is 10.1. The lowest BCUT2D eigenvalue weighted by Gasteiger charge is -2.14. The second-order valence-corrected chi connectivity index (χ2v) is 2.19. The van der Waals surface area contributed by atoms with Gasteiger partial charge in [0.1, 0.15) is 5.60 Å². The third kappa shape index (κ3) is 3.87. The molecule has 0 aromatic heterocycles. The van der Waals surface area contributed by atoms with E-state index in [1.54, 1.807) is 0 Å². The first-order valence-electron chi connectivity index (χ1n) is 2.52. The van der Waals surface area contributed by atoms with Gasteiger partial charge in [-0.1, -0.05) is 0 Å². The van der Waals surface area contributed by atoms with Crippen molar-refractivity contribution in [3.63, 3.8) is 0 Å². The summed E-state index contributed by atoms with van der Waals surface area (Å²) in [6, 6.07) is 0. The third-order valence-electron chi connectivity index (χ3n) is 0.909. The molecule has 0 spiro atoms. The van der Waals surface area contributed by atoms with Gasteiger partial charge in [0.2, 0.25) is 6.54 Å². The molecule has 3 N–H and O–H groups in total. The van der Waals surface area contributed by atoms with Crippen LogP contribution in [0.5, 0.6) is 0 Å². The Labute approximate surface area is 52.6 Å². The Morgan fingerprint density at radius 2 is 2.33 bits per heavy atom. The van der Waals surface area contributed by atoms with Crippen LogP contribution in [0.25, 0.3) is 0 Å². The molecule has 0 rings (SSSR count). The maximum atomic E-state index is 9.76. The predicted octanol–water partition coefficient (Wildman–Crippen LogP) is -1.03. The highest BCUT2D eigenvalue weighted by molar-refractivity contribution is 4.70. The van der Waals surface area contributed by atoms with Gasteiger partial charge in [0.25, 0.3) is 0 Å². The zero-order chi connectivity index (χ0) is 7.49. The van der Waals surface area contributed by atoms with E-state index in [9.17, 15) is 10.1 Å². The number of hydrogen-bond acceptors (Lipinski definition) is 4. The summed E-state index contributed by atoms with van der Waals surface area (Å²) in [6.07, 6.45) is 0.